The zero-order valence-corrected chi connectivity index (χ0v) is 15.1. The summed E-state index contributed by atoms with van der Waals surface area (Å²) in [5.41, 5.74) is 1.57. The van der Waals surface area contributed by atoms with Gasteiger partial charge in [0.2, 0.25) is 5.91 Å². The van der Waals surface area contributed by atoms with Crippen LogP contribution in [0, 0.1) is 11.7 Å². The summed E-state index contributed by atoms with van der Waals surface area (Å²) in [6.07, 6.45) is 4.89. The van der Waals surface area contributed by atoms with Crippen molar-refractivity contribution in [2.75, 3.05) is 5.32 Å². The van der Waals surface area contributed by atoms with Crippen LogP contribution < -0.4 is 5.32 Å². The number of fused-ring (bicyclic) bond motifs is 1. The van der Waals surface area contributed by atoms with Crippen LogP contribution in [0.2, 0.25) is 0 Å². The maximum Gasteiger partial charge on any atom is 0.228 e. The minimum atomic E-state index is -3.24. The molecule has 26 heavy (non-hydrogen) atoms. The Morgan fingerprint density at radius 1 is 1.12 bits per heavy atom. The molecule has 4 rings (SSSR count). The summed E-state index contributed by atoms with van der Waals surface area (Å²) in [5, 5.41) is 7.30. The van der Waals surface area contributed by atoms with E-state index < -0.39 is 9.84 Å². The molecule has 2 aromatic rings. The Balaban J connectivity index is 1.71. The SMILES string of the molecule is O=C(Nc1c2c(nn1-c1ccc(F)cc1)CS(=O)(=O)C2)C1CCCCC1. The van der Waals surface area contributed by atoms with Gasteiger partial charge in [0.25, 0.3) is 0 Å². The molecule has 0 atom stereocenters. The van der Waals surface area contributed by atoms with Gasteiger partial charge < -0.3 is 5.32 Å². The van der Waals surface area contributed by atoms with Crippen molar-refractivity contribution in [1.29, 1.82) is 0 Å². The molecule has 138 valence electrons. The van der Waals surface area contributed by atoms with Gasteiger partial charge in [0.05, 0.1) is 22.9 Å². The van der Waals surface area contributed by atoms with E-state index in [4.69, 9.17) is 0 Å². The van der Waals surface area contributed by atoms with Gasteiger partial charge in [-0.05, 0) is 37.1 Å². The van der Waals surface area contributed by atoms with Gasteiger partial charge >= 0.3 is 0 Å². The average Bonchev–Trinajstić information content (AvgIpc) is 3.09. The summed E-state index contributed by atoms with van der Waals surface area (Å²) < 4.78 is 38.7. The van der Waals surface area contributed by atoms with Crippen LogP contribution >= 0.6 is 0 Å². The van der Waals surface area contributed by atoms with Crippen LogP contribution in [0.25, 0.3) is 5.69 Å². The number of amides is 1. The summed E-state index contributed by atoms with van der Waals surface area (Å²) in [4.78, 5) is 12.7. The third-order valence-electron chi connectivity index (χ3n) is 5.08. The molecule has 2 heterocycles. The molecule has 0 bridgehead atoms. The summed E-state index contributed by atoms with van der Waals surface area (Å²) in [6.45, 7) is 0. The van der Waals surface area contributed by atoms with Gasteiger partial charge in [-0.1, -0.05) is 19.3 Å². The van der Waals surface area contributed by atoms with Crippen LogP contribution in [0.15, 0.2) is 24.3 Å². The molecule has 1 aliphatic carbocycles. The van der Waals surface area contributed by atoms with Crippen LogP contribution in [0.3, 0.4) is 0 Å². The van der Waals surface area contributed by atoms with Crippen molar-refractivity contribution in [2.24, 2.45) is 5.92 Å². The number of nitrogens with one attached hydrogen (secondary N) is 1. The molecule has 0 unspecified atom stereocenters. The number of halogens is 1. The van der Waals surface area contributed by atoms with Gasteiger partial charge in [-0.25, -0.2) is 17.5 Å². The second-order valence-electron chi connectivity index (χ2n) is 7.02. The fourth-order valence-corrected chi connectivity index (χ4v) is 5.22. The Labute approximate surface area is 151 Å². The highest BCUT2D eigenvalue weighted by Gasteiger charge is 2.34. The fourth-order valence-electron chi connectivity index (χ4n) is 3.72. The first-order chi connectivity index (χ1) is 12.4. The third kappa shape index (κ3) is 3.25. The van der Waals surface area contributed by atoms with E-state index in [0.29, 0.717) is 22.8 Å². The number of benzene rings is 1. The van der Waals surface area contributed by atoms with E-state index in [1.165, 1.54) is 16.8 Å². The molecule has 0 spiro atoms. The highest BCUT2D eigenvalue weighted by atomic mass is 32.2. The smallest absolute Gasteiger partial charge is 0.228 e. The lowest BCUT2D eigenvalue weighted by Crippen LogP contribution is -2.26. The molecule has 2 aliphatic rings. The maximum absolute atomic E-state index is 13.2. The number of sulfone groups is 1. The average molecular weight is 377 g/mol. The topological polar surface area (TPSA) is 81.1 Å². The monoisotopic (exact) mass is 377 g/mol. The van der Waals surface area contributed by atoms with E-state index in [0.717, 1.165) is 32.1 Å². The van der Waals surface area contributed by atoms with Crippen LogP contribution in [-0.4, -0.2) is 24.1 Å². The quantitative estimate of drug-likeness (QED) is 0.892. The van der Waals surface area contributed by atoms with Gasteiger partial charge in [-0.3, -0.25) is 4.79 Å². The normalized spacial score (nSPS) is 19.3. The molecule has 1 N–H and O–H groups in total. The zero-order valence-electron chi connectivity index (χ0n) is 14.2. The second kappa shape index (κ2) is 6.50. The number of rotatable bonds is 3. The van der Waals surface area contributed by atoms with E-state index in [9.17, 15) is 17.6 Å². The summed E-state index contributed by atoms with van der Waals surface area (Å²) in [6, 6.07) is 5.74. The number of carbonyl (C=O) groups excluding carboxylic acids is 1. The zero-order chi connectivity index (χ0) is 18.3. The molecule has 1 amide bonds. The lowest BCUT2D eigenvalue weighted by molar-refractivity contribution is -0.120. The number of aromatic nitrogens is 2. The van der Waals surface area contributed by atoms with Crippen molar-refractivity contribution in [2.45, 2.75) is 43.6 Å². The number of hydrogen-bond donors (Lipinski definition) is 1. The van der Waals surface area contributed by atoms with E-state index in [1.54, 1.807) is 12.1 Å². The minimum absolute atomic E-state index is 0.0611. The van der Waals surface area contributed by atoms with Gasteiger partial charge in [0.15, 0.2) is 9.84 Å². The molecular formula is C18H20FN3O3S. The number of nitrogens with zero attached hydrogens (tertiary/aromatic N) is 2. The molecule has 1 fully saturated rings. The first-order valence-corrected chi connectivity index (χ1v) is 10.6. The van der Waals surface area contributed by atoms with Crippen molar-refractivity contribution in [3.63, 3.8) is 0 Å². The molecule has 1 saturated carbocycles. The van der Waals surface area contributed by atoms with E-state index in [-0.39, 0.29) is 29.1 Å². The lowest BCUT2D eigenvalue weighted by atomic mass is 9.88. The molecule has 1 aromatic carbocycles. The predicted molar refractivity (Wildman–Crippen MR) is 95.1 cm³/mol. The minimum Gasteiger partial charge on any atom is -0.310 e. The predicted octanol–water partition coefficient (Wildman–Crippen LogP) is 2.96. The van der Waals surface area contributed by atoms with Crippen LogP contribution in [0.1, 0.15) is 43.4 Å². The van der Waals surface area contributed by atoms with Crippen molar-refractivity contribution in [3.8, 4) is 5.69 Å². The molecule has 0 radical (unpaired) electrons. The Morgan fingerprint density at radius 3 is 2.50 bits per heavy atom. The third-order valence-corrected chi connectivity index (χ3v) is 6.52. The van der Waals surface area contributed by atoms with Gasteiger partial charge in [0.1, 0.15) is 11.6 Å². The molecule has 6 nitrogen and oxygen atoms in total. The Hall–Kier alpha value is -2.22. The van der Waals surface area contributed by atoms with Gasteiger partial charge in [0, 0.05) is 11.5 Å². The highest BCUT2D eigenvalue weighted by Crippen LogP contribution is 2.34. The molecule has 1 aliphatic heterocycles. The van der Waals surface area contributed by atoms with Gasteiger partial charge in [-0.15, -0.1) is 0 Å². The van der Waals surface area contributed by atoms with Crippen molar-refractivity contribution in [1.82, 2.24) is 9.78 Å². The first kappa shape index (κ1) is 17.2. The number of hydrogen-bond acceptors (Lipinski definition) is 4. The highest BCUT2D eigenvalue weighted by molar-refractivity contribution is 7.90. The lowest BCUT2D eigenvalue weighted by Gasteiger charge is -2.21. The largest absolute Gasteiger partial charge is 0.310 e. The summed E-state index contributed by atoms with van der Waals surface area (Å²) in [5.74, 6) is -0.409. The second-order valence-corrected chi connectivity index (χ2v) is 9.08. The summed E-state index contributed by atoms with van der Waals surface area (Å²) in [7, 11) is -3.24. The Bertz CT molecular complexity index is 945. The van der Waals surface area contributed by atoms with Crippen molar-refractivity contribution < 1.29 is 17.6 Å². The van der Waals surface area contributed by atoms with Gasteiger partial charge in [-0.2, -0.15) is 5.10 Å². The first-order valence-electron chi connectivity index (χ1n) is 8.81. The number of carbonyl (C=O) groups is 1. The van der Waals surface area contributed by atoms with Crippen LogP contribution in [0.5, 0.6) is 0 Å². The standard InChI is InChI=1S/C18H20FN3O3S/c19-13-6-8-14(9-7-13)22-17(15-10-26(24,25)11-16(15)21-22)20-18(23)12-4-2-1-3-5-12/h6-9,12H,1-5,10-11H2,(H,20,23). The van der Waals surface area contributed by atoms with Crippen LogP contribution in [0.4, 0.5) is 10.2 Å². The van der Waals surface area contributed by atoms with Crippen molar-refractivity contribution in [3.05, 3.63) is 41.3 Å². The van der Waals surface area contributed by atoms with Crippen LogP contribution in [-0.2, 0) is 26.1 Å². The Morgan fingerprint density at radius 2 is 1.81 bits per heavy atom. The molecule has 0 saturated heterocycles. The van der Waals surface area contributed by atoms with E-state index >= 15 is 0 Å². The molecule has 8 heteroatoms. The van der Waals surface area contributed by atoms with Crippen molar-refractivity contribution >= 4 is 21.6 Å². The maximum atomic E-state index is 13.2. The van der Waals surface area contributed by atoms with E-state index in [1.807, 2.05) is 0 Å². The molecule has 1 aromatic heterocycles. The fraction of sp³-hybridized carbons (Fsp3) is 0.444. The summed E-state index contributed by atoms with van der Waals surface area (Å²) >= 11 is 0. The van der Waals surface area contributed by atoms with E-state index in [2.05, 4.69) is 10.4 Å². The number of anilines is 1. The molecular weight excluding hydrogens is 357 g/mol. The Kier molecular flexibility index (Phi) is 4.30.